The van der Waals surface area contributed by atoms with E-state index in [1.807, 2.05) is 0 Å². The summed E-state index contributed by atoms with van der Waals surface area (Å²) in [6.45, 7) is 6.52. The maximum Gasteiger partial charge on any atom is 0.147 e. The van der Waals surface area contributed by atoms with E-state index in [9.17, 15) is 4.39 Å². The van der Waals surface area contributed by atoms with E-state index in [-0.39, 0.29) is 5.82 Å². The van der Waals surface area contributed by atoms with Crippen LogP contribution in [0, 0.1) is 11.7 Å². The highest BCUT2D eigenvalue weighted by Gasteiger charge is 2.12. The maximum absolute atomic E-state index is 13.6. The molecule has 96 valence electrons. The van der Waals surface area contributed by atoms with Gasteiger partial charge in [0, 0.05) is 11.1 Å². The summed E-state index contributed by atoms with van der Waals surface area (Å²) in [5.74, 6) is 0.378. The molecule has 0 aliphatic rings. The van der Waals surface area contributed by atoms with E-state index in [2.05, 4.69) is 26.1 Å². The Morgan fingerprint density at radius 2 is 2.00 bits per heavy atom. The average molecular weight is 258 g/mol. The maximum atomic E-state index is 13.6. The molecule has 0 aliphatic carbocycles. The Balaban J connectivity index is 2.67. The van der Waals surface area contributed by atoms with Crippen molar-refractivity contribution >= 4 is 17.3 Å². The van der Waals surface area contributed by atoms with Crippen LogP contribution in [0.4, 0.5) is 10.1 Å². The molecule has 0 aromatic heterocycles. The zero-order valence-electron chi connectivity index (χ0n) is 10.8. The molecule has 1 aromatic rings. The fourth-order valence-electron chi connectivity index (χ4n) is 1.81. The van der Waals surface area contributed by atoms with Crippen LogP contribution in [0.1, 0.15) is 40.0 Å². The lowest BCUT2D eigenvalue weighted by atomic mass is 9.97. The van der Waals surface area contributed by atoms with E-state index >= 15 is 0 Å². The van der Waals surface area contributed by atoms with E-state index in [4.69, 9.17) is 11.6 Å². The van der Waals surface area contributed by atoms with Gasteiger partial charge in [0.05, 0.1) is 5.69 Å². The van der Waals surface area contributed by atoms with Gasteiger partial charge in [-0.25, -0.2) is 4.39 Å². The number of nitrogens with one attached hydrogen (secondary N) is 1. The van der Waals surface area contributed by atoms with Gasteiger partial charge in [-0.15, -0.1) is 0 Å². The van der Waals surface area contributed by atoms with Gasteiger partial charge in [-0.3, -0.25) is 0 Å². The van der Waals surface area contributed by atoms with Gasteiger partial charge in [0.25, 0.3) is 0 Å². The second-order valence-electron chi connectivity index (χ2n) is 4.62. The van der Waals surface area contributed by atoms with Gasteiger partial charge in [-0.05, 0) is 37.0 Å². The van der Waals surface area contributed by atoms with Crippen LogP contribution in [0.2, 0.25) is 5.02 Å². The van der Waals surface area contributed by atoms with E-state index in [1.54, 1.807) is 12.1 Å². The monoisotopic (exact) mass is 257 g/mol. The molecule has 0 aliphatic heterocycles. The summed E-state index contributed by atoms with van der Waals surface area (Å²) in [6.07, 6.45) is 3.21. The van der Waals surface area contributed by atoms with Crippen LogP contribution in [0.15, 0.2) is 18.2 Å². The van der Waals surface area contributed by atoms with Crippen molar-refractivity contribution in [3.8, 4) is 0 Å². The third-order valence-electron chi connectivity index (χ3n) is 3.17. The minimum Gasteiger partial charge on any atom is -0.380 e. The molecule has 0 saturated heterocycles. The Morgan fingerprint density at radius 3 is 2.53 bits per heavy atom. The van der Waals surface area contributed by atoms with E-state index < -0.39 is 0 Å². The van der Waals surface area contributed by atoms with Crippen LogP contribution in [-0.2, 0) is 0 Å². The van der Waals surface area contributed by atoms with Crippen LogP contribution in [0.3, 0.4) is 0 Å². The molecule has 1 nitrogen and oxygen atoms in total. The zero-order chi connectivity index (χ0) is 12.8. The van der Waals surface area contributed by atoms with Gasteiger partial charge < -0.3 is 5.32 Å². The summed E-state index contributed by atoms with van der Waals surface area (Å²) in [4.78, 5) is 0. The summed E-state index contributed by atoms with van der Waals surface area (Å²) < 4.78 is 13.6. The normalized spacial score (nSPS) is 14.4. The summed E-state index contributed by atoms with van der Waals surface area (Å²) in [7, 11) is 0. The Kier molecular flexibility index (Phi) is 5.76. The molecule has 0 spiro atoms. The molecular formula is C14H21ClFN. The zero-order valence-corrected chi connectivity index (χ0v) is 11.5. The molecule has 0 bridgehead atoms. The van der Waals surface area contributed by atoms with Gasteiger partial charge >= 0.3 is 0 Å². The average Bonchev–Trinajstić information content (AvgIpc) is 2.31. The summed E-state index contributed by atoms with van der Waals surface area (Å²) >= 11 is 5.73. The van der Waals surface area contributed by atoms with Gasteiger partial charge in [0.15, 0.2) is 0 Å². The van der Waals surface area contributed by atoms with E-state index in [0.29, 0.717) is 22.7 Å². The third kappa shape index (κ3) is 4.55. The molecule has 3 heteroatoms. The Hall–Kier alpha value is -0.760. The molecule has 17 heavy (non-hydrogen) atoms. The minimum absolute atomic E-state index is 0.278. The van der Waals surface area contributed by atoms with Crippen molar-refractivity contribution in [3.05, 3.63) is 29.0 Å². The Morgan fingerprint density at radius 1 is 1.29 bits per heavy atom. The molecule has 1 rings (SSSR count). The lowest BCUT2D eigenvalue weighted by Crippen LogP contribution is -2.21. The fourth-order valence-corrected chi connectivity index (χ4v) is 1.97. The molecular weight excluding hydrogens is 237 g/mol. The lowest BCUT2D eigenvalue weighted by Gasteiger charge is -2.21. The van der Waals surface area contributed by atoms with Crippen molar-refractivity contribution in [2.45, 2.75) is 46.1 Å². The molecule has 1 N–H and O–H groups in total. The molecule has 1 aromatic carbocycles. The second kappa shape index (κ2) is 6.85. The van der Waals surface area contributed by atoms with Crippen molar-refractivity contribution in [3.63, 3.8) is 0 Å². The smallest absolute Gasteiger partial charge is 0.147 e. The van der Waals surface area contributed by atoms with Gasteiger partial charge in [-0.2, -0.15) is 0 Å². The predicted molar refractivity (Wildman–Crippen MR) is 73.2 cm³/mol. The van der Waals surface area contributed by atoms with Crippen LogP contribution in [0.25, 0.3) is 0 Å². The second-order valence-corrected chi connectivity index (χ2v) is 5.06. The van der Waals surface area contributed by atoms with E-state index in [0.717, 1.165) is 19.3 Å². The third-order valence-corrected chi connectivity index (χ3v) is 3.40. The van der Waals surface area contributed by atoms with Crippen LogP contribution >= 0.6 is 11.6 Å². The fraction of sp³-hybridized carbons (Fsp3) is 0.571. The number of hydrogen-bond donors (Lipinski definition) is 1. The molecule has 0 saturated carbocycles. The highest BCUT2D eigenvalue weighted by Crippen LogP contribution is 2.22. The molecule has 2 atom stereocenters. The van der Waals surface area contributed by atoms with Crippen molar-refractivity contribution < 1.29 is 4.39 Å². The van der Waals surface area contributed by atoms with Crippen LogP contribution in [-0.4, -0.2) is 6.04 Å². The Bertz CT molecular complexity index is 354. The first-order valence-corrected chi connectivity index (χ1v) is 6.66. The molecule has 2 unspecified atom stereocenters. The van der Waals surface area contributed by atoms with Gasteiger partial charge in [0.2, 0.25) is 0 Å². The van der Waals surface area contributed by atoms with Crippen molar-refractivity contribution in [1.29, 1.82) is 0 Å². The number of halogens is 2. The first-order chi connectivity index (χ1) is 8.06. The van der Waals surface area contributed by atoms with Crippen molar-refractivity contribution in [2.24, 2.45) is 5.92 Å². The Labute approximate surface area is 108 Å². The SMILES string of the molecule is CCC(C)CC(CC)Nc1ccc(Cl)cc1F. The first kappa shape index (κ1) is 14.3. The summed E-state index contributed by atoms with van der Waals surface area (Å²) in [5, 5.41) is 3.69. The number of rotatable bonds is 6. The molecule has 0 radical (unpaired) electrons. The van der Waals surface area contributed by atoms with Gasteiger partial charge in [-0.1, -0.05) is 38.8 Å². The number of anilines is 1. The summed E-state index contributed by atoms with van der Waals surface area (Å²) in [6, 6.07) is 5.08. The summed E-state index contributed by atoms with van der Waals surface area (Å²) in [5.41, 5.74) is 0.546. The van der Waals surface area contributed by atoms with E-state index in [1.165, 1.54) is 6.07 Å². The largest absolute Gasteiger partial charge is 0.380 e. The van der Waals surface area contributed by atoms with Crippen molar-refractivity contribution in [2.75, 3.05) is 5.32 Å². The first-order valence-electron chi connectivity index (χ1n) is 6.28. The number of hydrogen-bond acceptors (Lipinski definition) is 1. The highest BCUT2D eigenvalue weighted by molar-refractivity contribution is 6.30. The molecule has 0 heterocycles. The molecule has 0 fully saturated rings. The van der Waals surface area contributed by atoms with Crippen LogP contribution < -0.4 is 5.32 Å². The minimum atomic E-state index is -0.278. The van der Waals surface area contributed by atoms with Crippen LogP contribution in [0.5, 0.6) is 0 Å². The topological polar surface area (TPSA) is 12.0 Å². The number of benzene rings is 1. The quantitative estimate of drug-likeness (QED) is 0.747. The van der Waals surface area contributed by atoms with Gasteiger partial charge in [0.1, 0.15) is 5.82 Å². The highest BCUT2D eigenvalue weighted by atomic mass is 35.5. The lowest BCUT2D eigenvalue weighted by molar-refractivity contribution is 0.460. The molecule has 0 amide bonds. The standard InChI is InChI=1S/C14H21ClFN/c1-4-10(3)8-12(5-2)17-14-7-6-11(15)9-13(14)16/h6-7,9-10,12,17H,4-5,8H2,1-3H3. The predicted octanol–water partition coefficient (Wildman–Crippen LogP) is 5.11. The van der Waals surface area contributed by atoms with Crippen molar-refractivity contribution in [1.82, 2.24) is 0 Å².